The molecule has 144 valence electrons. The van der Waals surface area contributed by atoms with Gasteiger partial charge in [-0.15, -0.1) is 0 Å². The number of ether oxygens (including phenoxy) is 1. The molecule has 0 aliphatic heterocycles. The lowest BCUT2D eigenvalue weighted by molar-refractivity contribution is 0.0697. The topological polar surface area (TPSA) is 105 Å². The first-order valence-corrected chi connectivity index (χ1v) is 8.60. The number of aromatic carboxylic acids is 1. The number of nitrogens with zero attached hydrogens (tertiary/aromatic N) is 1. The number of methoxy groups -OCH3 is 1. The highest BCUT2D eigenvalue weighted by Crippen LogP contribution is 2.32. The molecular formula is C19H14Cl2N2O5. The molecule has 0 bridgehead atoms. The Morgan fingerprint density at radius 3 is 2.61 bits per heavy atom. The van der Waals surface area contributed by atoms with Crippen LogP contribution in [0.1, 0.15) is 15.9 Å². The van der Waals surface area contributed by atoms with Crippen molar-refractivity contribution in [3.8, 4) is 17.2 Å². The number of rotatable bonds is 4. The molecule has 0 saturated heterocycles. The van der Waals surface area contributed by atoms with Gasteiger partial charge in [0, 0.05) is 6.07 Å². The summed E-state index contributed by atoms with van der Waals surface area (Å²) in [6.45, 7) is 3.81. The Morgan fingerprint density at radius 2 is 1.96 bits per heavy atom. The number of H-pyrrole nitrogens is 1. The third kappa shape index (κ3) is 3.49. The molecule has 3 rings (SSSR count). The Hall–Kier alpha value is -3.16. The molecule has 0 aliphatic carbocycles. The molecule has 9 heteroatoms. The van der Waals surface area contributed by atoms with Crippen LogP contribution in [0.5, 0.6) is 11.5 Å². The van der Waals surface area contributed by atoms with E-state index in [1.54, 1.807) is 0 Å². The zero-order valence-corrected chi connectivity index (χ0v) is 16.0. The Bertz CT molecular complexity index is 1260. The number of phenols is 1. The van der Waals surface area contributed by atoms with Crippen molar-refractivity contribution in [2.75, 3.05) is 7.11 Å². The summed E-state index contributed by atoms with van der Waals surface area (Å²) >= 11 is 12.0. The Balaban J connectivity index is 2.21. The maximum Gasteiger partial charge on any atom is 0.337 e. The van der Waals surface area contributed by atoms with E-state index in [1.165, 1.54) is 43.5 Å². The van der Waals surface area contributed by atoms with Crippen LogP contribution in [0.25, 0.3) is 18.3 Å². The Morgan fingerprint density at radius 1 is 1.25 bits per heavy atom. The number of halogens is 2. The number of nitrogens with one attached hydrogen (secondary N) is 1. The van der Waals surface area contributed by atoms with Gasteiger partial charge in [-0.25, -0.2) is 9.48 Å². The van der Waals surface area contributed by atoms with Crippen LogP contribution in [-0.4, -0.2) is 33.1 Å². The molecule has 3 N–H and O–H groups in total. The normalized spacial score (nSPS) is 11.6. The molecule has 0 amide bonds. The van der Waals surface area contributed by atoms with E-state index in [0.717, 1.165) is 4.68 Å². The van der Waals surface area contributed by atoms with Gasteiger partial charge < -0.3 is 14.9 Å². The molecule has 0 radical (unpaired) electrons. The average Bonchev–Trinajstić information content (AvgIpc) is 2.92. The maximum atomic E-state index is 12.8. The maximum absolute atomic E-state index is 12.8. The van der Waals surface area contributed by atoms with Crippen LogP contribution in [0.15, 0.2) is 35.1 Å². The SMILES string of the molecule is C=c1[nH]n(-c2ccc(Cl)c(C(=O)O)c2)c(=O)c1=Cc1cc(OC)c(O)cc1Cl. The fourth-order valence-electron chi connectivity index (χ4n) is 2.63. The summed E-state index contributed by atoms with van der Waals surface area (Å²) in [5, 5.41) is 22.6. The van der Waals surface area contributed by atoms with Crippen LogP contribution in [0.2, 0.25) is 10.0 Å². The monoisotopic (exact) mass is 420 g/mol. The van der Waals surface area contributed by atoms with E-state index >= 15 is 0 Å². The molecule has 0 atom stereocenters. The minimum Gasteiger partial charge on any atom is -0.504 e. The minimum atomic E-state index is -1.21. The van der Waals surface area contributed by atoms with Gasteiger partial charge in [0.05, 0.1) is 39.0 Å². The van der Waals surface area contributed by atoms with Gasteiger partial charge in [-0.05, 0) is 35.9 Å². The Kier molecular flexibility index (Phi) is 5.22. The van der Waals surface area contributed by atoms with E-state index in [4.69, 9.17) is 27.9 Å². The summed E-state index contributed by atoms with van der Waals surface area (Å²) in [5.74, 6) is -1.15. The van der Waals surface area contributed by atoms with E-state index in [9.17, 15) is 19.8 Å². The second kappa shape index (κ2) is 7.46. The number of aromatic nitrogens is 2. The summed E-state index contributed by atoms with van der Waals surface area (Å²) in [6, 6.07) is 6.97. The van der Waals surface area contributed by atoms with E-state index in [1.807, 2.05) is 0 Å². The molecule has 2 aromatic carbocycles. The lowest BCUT2D eigenvalue weighted by atomic mass is 10.1. The number of phenolic OH excluding ortho intramolecular Hbond substituents is 1. The first-order valence-electron chi connectivity index (χ1n) is 7.84. The van der Waals surface area contributed by atoms with E-state index in [-0.39, 0.29) is 38.0 Å². The first kappa shape index (κ1) is 19.6. The predicted molar refractivity (Wildman–Crippen MR) is 106 cm³/mol. The third-order valence-electron chi connectivity index (χ3n) is 4.04. The van der Waals surface area contributed by atoms with Gasteiger partial charge in [-0.2, -0.15) is 0 Å². The number of hydrogen-bond acceptors (Lipinski definition) is 4. The molecule has 1 aromatic heterocycles. The van der Waals surface area contributed by atoms with Crippen LogP contribution >= 0.6 is 23.2 Å². The van der Waals surface area contributed by atoms with Gasteiger partial charge in [-0.1, -0.05) is 29.8 Å². The van der Waals surface area contributed by atoms with E-state index in [0.29, 0.717) is 10.9 Å². The summed E-state index contributed by atoms with van der Waals surface area (Å²) in [5.41, 5.74) is 0.118. The second-order valence-electron chi connectivity index (χ2n) is 5.80. The number of carboxylic acids is 1. The van der Waals surface area contributed by atoms with Gasteiger partial charge >= 0.3 is 5.97 Å². The number of carbonyl (C=O) groups is 1. The highest BCUT2D eigenvalue weighted by molar-refractivity contribution is 6.33. The second-order valence-corrected chi connectivity index (χ2v) is 6.62. The summed E-state index contributed by atoms with van der Waals surface area (Å²) < 4.78 is 6.21. The van der Waals surface area contributed by atoms with Crippen molar-refractivity contribution in [3.05, 3.63) is 72.4 Å². The van der Waals surface area contributed by atoms with Gasteiger partial charge in [0.15, 0.2) is 11.5 Å². The number of aromatic hydroxyl groups is 1. The molecule has 0 saturated carbocycles. The lowest BCUT2D eigenvalue weighted by Gasteiger charge is -2.05. The zero-order chi connectivity index (χ0) is 20.6. The first-order chi connectivity index (χ1) is 13.2. The molecule has 0 fully saturated rings. The molecule has 0 spiro atoms. The van der Waals surface area contributed by atoms with E-state index in [2.05, 4.69) is 11.7 Å². The van der Waals surface area contributed by atoms with Crippen molar-refractivity contribution >= 4 is 41.8 Å². The van der Waals surface area contributed by atoms with Gasteiger partial charge in [-0.3, -0.25) is 9.89 Å². The van der Waals surface area contributed by atoms with Crippen molar-refractivity contribution in [2.24, 2.45) is 0 Å². The molecule has 7 nitrogen and oxygen atoms in total. The zero-order valence-electron chi connectivity index (χ0n) is 14.5. The van der Waals surface area contributed by atoms with Gasteiger partial charge in [0.2, 0.25) is 0 Å². The van der Waals surface area contributed by atoms with Crippen molar-refractivity contribution in [2.45, 2.75) is 0 Å². The molecule has 0 aliphatic rings. The highest BCUT2D eigenvalue weighted by atomic mass is 35.5. The third-order valence-corrected chi connectivity index (χ3v) is 4.70. The molecule has 3 aromatic rings. The van der Waals surface area contributed by atoms with Crippen LogP contribution in [0.3, 0.4) is 0 Å². The molecular weight excluding hydrogens is 407 g/mol. The van der Waals surface area contributed by atoms with Crippen molar-refractivity contribution in [1.29, 1.82) is 0 Å². The molecule has 0 unspecified atom stereocenters. The fraction of sp³-hybridized carbons (Fsp3) is 0.0526. The van der Waals surface area contributed by atoms with E-state index < -0.39 is 11.5 Å². The van der Waals surface area contributed by atoms with Crippen molar-refractivity contribution < 1.29 is 19.7 Å². The smallest absolute Gasteiger partial charge is 0.337 e. The van der Waals surface area contributed by atoms with Crippen molar-refractivity contribution in [1.82, 2.24) is 9.78 Å². The van der Waals surface area contributed by atoms with Gasteiger partial charge in [0.1, 0.15) is 0 Å². The summed E-state index contributed by atoms with van der Waals surface area (Å²) in [6.07, 6.45) is 1.50. The Labute approximate surface area is 168 Å². The average molecular weight is 421 g/mol. The minimum absolute atomic E-state index is 0.0560. The quantitative estimate of drug-likeness (QED) is 0.599. The fourth-order valence-corrected chi connectivity index (χ4v) is 3.04. The molecule has 1 heterocycles. The highest BCUT2D eigenvalue weighted by Gasteiger charge is 2.13. The van der Waals surface area contributed by atoms with Gasteiger partial charge in [0.25, 0.3) is 5.56 Å². The number of hydrogen-bond donors (Lipinski definition) is 3. The number of carboxylic acid groups (broad SMARTS) is 1. The van der Waals surface area contributed by atoms with Crippen molar-refractivity contribution in [3.63, 3.8) is 0 Å². The van der Waals surface area contributed by atoms with Crippen LogP contribution in [0, 0.1) is 0 Å². The summed E-state index contributed by atoms with van der Waals surface area (Å²) in [4.78, 5) is 24.1. The lowest BCUT2D eigenvalue weighted by Crippen LogP contribution is -2.34. The van der Waals surface area contributed by atoms with Crippen LogP contribution in [-0.2, 0) is 0 Å². The summed E-state index contributed by atoms with van der Waals surface area (Å²) in [7, 11) is 1.39. The van der Waals surface area contributed by atoms with Crippen LogP contribution < -0.4 is 20.9 Å². The molecule has 28 heavy (non-hydrogen) atoms. The standard InChI is InChI=1S/C19H14Cl2N2O5/c1-9-12(5-10-6-17(28-2)16(24)8-15(10)21)18(25)23(22-9)11-3-4-14(20)13(7-11)19(26)27/h3-8,22,24H,1H2,2H3,(H,26,27). The number of aromatic amines is 1. The number of benzene rings is 2. The predicted octanol–water partition coefficient (Wildman–Crippen LogP) is 2.12. The largest absolute Gasteiger partial charge is 0.504 e. The van der Waals surface area contributed by atoms with Crippen LogP contribution in [0.4, 0.5) is 0 Å².